The fraction of sp³-hybridized carbons (Fsp3) is 0.267. The second-order valence-electron chi connectivity index (χ2n) is 4.97. The number of hydrogen-bond donors (Lipinski definition) is 2. The minimum Gasteiger partial charge on any atom is -0.491 e. The Morgan fingerprint density at radius 2 is 1.90 bits per heavy atom. The number of rotatable bonds is 4. The smallest absolute Gasteiger partial charge is 0.225 e. The predicted molar refractivity (Wildman–Crippen MR) is 82.4 cm³/mol. The van der Waals surface area contributed by atoms with Gasteiger partial charge in [0.1, 0.15) is 5.75 Å². The highest BCUT2D eigenvalue weighted by atomic mass is 16.5. The lowest BCUT2D eigenvalue weighted by molar-refractivity contribution is 0.242. The van der Waals surface area contributed by atoms with E-state index in [1.807, 2.05) is 38.1 Å². The van der Waals surface area contributed by atoms with Crippen LogP contribution in [0, 0.1) is 0 Å². The SMILES string of the molecule is CNc1nc(-c2ccc(OC(C)C)cc2)c2cn[nH]c2n1. The molecule has 2 heterocycles. The summed E-state index contributed by atoms with van der Waals surface area (Å²) in [6.07, 6.45) is 1.90. The fourth-order valence-electron chi connectivity index (χ4n) is 2.13. The molecular formula is C15H17N5O. The Kier molecular flexibility index (Phi) is 3.43. The maximum Gasteiger partial charge on any atom is 0.225 e. The monoisotopic (exact) mass is 283 g/mol. The number of hydrogen-bond acceptors (Lipinski definition) is 5. The number of H-pyrrole nitrogens is 1. The van der Waals surface area contributed by atoms with Crippen molar-refractivity contribution in [2.24, 2.45) is 0 Å². The molecule has 6 nitrogen and oxygen atoms in total. The first-order chi connectivity index (χ1) is 10.2. The van der Waals surface area contributed by atoms with Crippen LogP contribution in [-0.2, 0) is 0 Å². The molecule has 0 spiro atoms. The molecule has 0 saturated heterocycles. The maximum atomic E-state index is 5.66. The van der Waals surface area contributed by atoms with E-state index in [2.05, 4.69) is 25.5 Å². The number of aromatic amines is 1. The van der Waals surface area contributed by atoms with Crippen molar-refractivity contribution in [2.45, 2.75) is 20.0 Å². The van der Waals surface area contributed by atoms with Crippen molar-refractivity contribution in [1.82, 2.24) is 20.2 Å². The van der Waals surface area contributed by atoms with E-state index in [0.29, 0.717) is 11.6 Å². The quantitative estimate of drug-likeness (QED) is 0.770. The highest BCUT2D eigenvalue weighted by Crippen LogP contribution is 2.27. The lowest BCUT2D eigenvalue weighted by atomic mass is 10.1. The van der Waals surface area contributed by atoms with Crippen molar-refractivity contribution in [3.05, 3.63) is 30.5 Å². The van der Waals surface area contributed by atoms with Gasteiger partial charge in [0.25, 0.3) is 0 Å². The van der Waals surface area contributed by atoms with Gasteiger partial charge in [0, 0.05) is 12.6 Å². The summed E-state index contributed by atoms with van der Waals surface area (Å²) in [5.41, 5.74) is 2.55. The van der Waals surface area contributed by atoms with Crippen LogP contribution >= 0.6 is 0 Å². The molecule has 0 bridgehead atoms. The number of anilines is 1. The van der Waals surface area contributed by atoms with Gasteiger partial charge in [0.2, 0.25) is 5.95 Å². The van der Waals surface area contributed by atoms with Gasteiger partial charge in [-0.1, -0.05) is 0 Å². The van der Waals surface area contributed by atoms with E-state index in [-0.39, 0.29) is 6.10 Å². The van der Waals surface area contributed by atoms with E-state index in [1.54, 1.807) is 13.2 Å². The van der Waals surface area contributed by atoms with Crippen LogP contribution in [0.25, 0.3) is 22.3 Å². The third-order valence-corrected chi connectivity index (χ3v) is 3.03. The minimum atomic E-state index is 0.159. The molecule has 0 amide bonds. The van der Waals surface area contributed by atoms with Gasteiger partial charge in [-0.15, -0.1) is 0 Å². The average molecular weight is 283 g/mol. The van der Waals surface area contributed by atoms with Crippen molar-refractivity contribution in [3.8, 4) is 17.0 Å². The molecule has 3 rings (SSSR count). The third-order valence-electron chi connectivity index (χ3n) is 3.03. The summed E-state index contributed by atoms with van der Waals surface area (Å²) in [5, 5.41) is 10.8. The Hall–Kier alpha value is -2.63. The third kappa shape index (κ3) is 2.65. The Morgan fingerprint density at radius 1 is 1.14 bits per heavy atom. The van der Waals surface area contributed by atoms with Crippen LogP contribution in [0.15, 0.2) is 30.5 Å². The van der Waals surface area contributed by atoms with Gasteiger partial charge in [-0.05, 0) is 38.1 Å². The molecule has 6 heteroatoms. The lowest BCUT2D eigenvalue weighted by Crippen LogP contribution is -2.05. The number of benzene rings is 1. The van der Waals surface area contributed by atoms with Gasteiger partial charge in [-0.3, -0.25) is 5.10 Å². The van der Waals surface area contributed by atoms with Gasteiger partial charge >= 0.3 is 0 Å². The molecule has 0 fully saturated rings. The van der Waals surface area contributed by atoms with Gasteiger partial charge in [0.15, 0.2) is 5.65 Å². The zero-order valence-corrected chi connectivity index (χ0v) is 12.2. The van der Waals surface area contributed by atoms with E-state index in [4.69, 9.17) is 4.74 Å². The van der Waals surface area contributed by atoms with Crippen molar-refractivity contribution in [3.63, 3.8) is 0 Å². The lowest BCUT2D eigenvalue weighted by Gasteiger charge is -2.10. The van der Waals surface area contributed by atoms with Crippen LogP contribution in [0.3, 0.4) is 0 Å². The summed E-state index contributed by atoms with van der Waals surface area (Å²) in [6, 6.07) is 7.88. The fourth-order valence-corrected chi connectivity index (χ4v) is 2.13. The van der Waals surface area contributed by atoms with E-state index in [1.165, 1.54) is 0 Å². The molecule has 0 aliphatic carbocycles. The zero-order valence-electron chi connectivity index (χ0n) is 12.2. The maximum absolute atomic E-state index is 5.66. The van der Waals surface area contributed by atoms with Gasteiger partial charge < -0.3 is 10.1 Å². The van der Waals surface area contributed by atoms with Gasteiger partial charge in [-0.25, -0.2) is 4.98 Å². The number of ether oxygens (including phenoxy) is 1. The molecule has 0 radical (unpaired) electrons. The van der Waals surface area contributed by atoms with Crippen molar-refractivity contribution < 1.29 is 4.74 Å². The number of nitrogens with zero attached hydrogens (tertiary/aromatic N) is 3. The Balaban J connectivity index is 2.05. The summed E-state index contributed by atoms with van der Waals surface area (Å²) in [6.45, 7) is 4.01. The Labute approximate surface area is 122 Å². The largest absolute Gasteiger partial charge is 0.491 e. The molecule has 2 N–H and O–H groups in total. The van der Waals surface area contributed by atoms with Crippen LogP contribution in [0.1, 0.15) is 13.8 Å². The summed E-state index contributed by atoms with van der Waals surface area (Å²) in [4.78, 5) is 8.86. The Morgan fingerprint density at radius 3 is 2.57 bits per heavy atom. The van der Waals surface area contributed by atoms with Crippen LogP contribution in [0.4, 0.5) is 5.95 Å². The number of fused-ring (bicyclic) bond motifs is 1. The van der Waals surface area contributed by atoms with Crippen LogP contribution < -0.4 is 10.1 Å². The molecule has 0 aliphatic heterocycles. The van der Waals surface area contributed by atoms with Crippen molar-refractivity contribution in [2.75, 3.05) is 12.4 Å². The molecular weight excluding hydrogens is 266 g/mol. The summed E-state index contributed by atoms with van der Waals surface area (Å²) >= 11 is 0. The molecule has 0 saturated carbocycles. The van der Waals surface area contributed by atoms with E-state index in [0.717, 1.165) is 22.4 Å². The Bertz CT molecular complexity index is 748. The molecule has 21 heavy (non-hydrogen) atoms. The zero-order chi connectivity index (χ0) is 14.8. The van der Waals surface area contributed by atoms with Crippen LogP contribution in [-0.4, -0.2) is 33.3 Å². The molecule has 0 atom stereocenters. The summed E-state index contributed by atoms with van der Waals surface area (Å²) in [7, 11) is 1.79. The first-order valence-corrected chi connectivity index (χ1v) is 6.83. The second-order valence-corrected chi connectivity index (χ2v) is 4.97. The van der Waals surface area contributed by atoms with Crippen molar-refractivity contribution in [1.29, 1.82) is 0 Å². The number of nitrogens with one attached hydrogen (secondary N) is 2. The molecule has 3 aromatic rings. The first-order valence-electron chi connectivity index (χ1n) is 6.83. The standard InChI is InChI=1S/C15H17N5O/c1-9(2)21-11-6-4-10(5-7-11)13-12-8-17-20-14(12)19-15(16-3)18-13/h4-9H,1-3H3,(H2,16,17,18,19,20). The second kappa shape index (κ2) is 5.40. The highest BCUT2D eigenvalue weighted by Gasteiger charge is 2.11. The molecule has 2 aromatic heterocycles. The highest BCUT2D eigenvalue weighted by molar-refractivity contribution is 5.90. The normalized spacial score (nSPS) is 11.0. The topological polar surface area (TPSA) is 75.7 Å². The van der Waals surface area contributed by atoms with Gasteiger partial charge in [0.05, 0.1) is 23.4 Å². The first kappa shape index (κ1) is 13.4. The minimum absolute atomic E-state index is 0.159. The molecule has 108 valence electrons. The molecule has 0 unspecified atom stereocenters. The van der Waals surface area contributed by atoms with Crippen LogP contribution in [0.2, 0.25) is 0 Å². The van der Waals surface area contributed by atoms with E-state index < -0.39 is 0 Å². The van der Waals surface area contributed by atoms with Crippen molar-refractivity contribution >= 4 is 17.0 Å². The number of aromatic nitrogens is 4. The van der Waals surface area contributed by atoms with E-state index in [9.17, 15) is 0 Å². The molecule has 0 aliphatic rings. The summed E-state index contributed by atoms with van der Waals surface area (Å²) < 4.78 is 5.66. The van der Waals surface area contributed by atoms with Gasteiger partial charge in [-0.2, -0.15) is 10.1 Å². The van der Waals surface area contributed by atoms with Crippen LogP contribution in [0.5, 0.6) is 5.75 Å². The molecule has 1 aromatic carbocycles. The predicted octanol–water partition coefficient (Wildman–Crippen LogP) is 2.85. The summed E-state index contributed by atoms with van der Waals surface area (Å²) in [5.74, 6) is 1.41. The average Bonchev–Trinajstić information content (AvgIpc) is 2.94. The van der Waals surface area contributed by atoms with E-state index >= 15 is 0 Å².